The first-order chi connectivity index (χ1) is 10.1. The molecular weight excluding hydrogens is 347 g/mol. The van der Waals surface area contributed by atoms with Crippen LogP contribution in [0.25, 0.3) is 11.0 Å². The van der Waals surface area contributed by atoms with E-state index in [1.165, 1.54) is 19.3 Å². The number of benzene rings is 1. The van der Waals surface area contributed by atoms with Crippen LogP contribution in [0, 0.1) is 0 Å². The maximum atomic E-state index is 6.21. The van der Waals surface area contributed by atoms with E-state index < -0.39 is 0 Å². The second-order valence-corrected chi connectivity index (χ2v) is 7.75. The zero-order chi connectivity index (χ0) is 15.0. The fourth-order valence-electron chi connectivity index (χ4n) is 3.17. The van der Waals surface area contributed by atoms with Gasteiger partial charge in [-0.05, 0) is 37.7 Å². The molecular formula is C15H17Cl3N2S. The van der Waals surface area contributed by atoms with E-state index in [4.69, 9.17) is 39.8 Å². The molecule has 2 atom stereocenters. The van der Waals surface area contributed by atoms with Crippen molar-refractivity contribution in [3.8, 4) is 0 Å². The van der Waals surface area contributed by atoms with E-state index in [0.717, 1.165) is 28.5 Å². The van der Waals surface area contributed by atoms with Gasteiger partial charge in [0.25, 0.3) is 0 Å². The molecule has 114 valence electrons. The average molecular weight is 364 g/mol. The van der Waals surface area contributed by atoms with Crippen molar-refractivity contribution in [2.24, 2.45) is 0 Å². The van der Waals surface area contributed by atoms with Crippen LogP contribution in [0.5, 0.6) is 0 Å². The standard InChI is InChI=1S/C15H17Cl3N2S/c1-21-10-3-2-9(6-10)20-14-8-12(18)11(17)7-13(14)19-15(20)4-5-16/h7-10H,2-6H2,1H3. The summed E-state index contributed by atoms with van der Waals surface area (Å²) in [4.78, 5) is 4.73. The summed E-state index contributed by atoms with van der Waals surface area (Å²) < 4.78 is 2.34. The second kappa shape index (κ2) is 6.57. The highest BCUT2D eigenvalue weighted by molar-refractivity contribution is 7.99. The first kappa shape index (κ1) is 15.8. The normalized spacial score (nSPS) is 22.3. The number of hydrogen-bond donors (Lipinski definition) is 0. The lowest BCUT2D eigenvalue weighted by Crippen LogP contribution is -2.11. The molecule has 21 heavy (non-hydrogen) atoms. The molecule has 0 bridgehead atoms. The molecule has 1 aliphatic rings. The Morgan fingerprint density at radius 1 is 1.29 bits per heavy atom. The summed E-state index contributed by atoms with van der Waals surface area (Å²) in [6, 6.07) is 4.29. The molecule has 1 fully saturated rings. The van der Waals surface area contributed by atoms with Crippen molar-refractivity contribution in [2.75, 3.05) is 12.1 Å². The van der Waals surface area contributed by atoms with Crippen molar-refractivity contribution in [1.29, 1.82) is 0 Å². The van der Waals surface area contributed by atoms with Crippen molar-refractivity contribution < 1.29 is 0 Å². The van der Waals surface area contributed by atoms with Gasteiger partial charge in [-0.15, -0.1) is 11.6 Å². The van der Waals surface area contributed by atoms with Gasteiger partial charge in [0.15, 0.2) is 0 Å². The van der Waals surface area contributed by atoms with Crippen molar-refractivity contribution >= 4 is 57.6 Å². The Bertz CT molecular complexity index is 656. The van der Waals surface area contributed by atoms with Crippen LogP contribution in [0.2, 0.25) is 10.0 Å². The fraction of sp³-hybridized carbons (Fsp3) is 0.533. The molecule has 1 aliphatic carbocycles. The summed E-state index contributed by atoms with van der Waals surface area (Å²) in [6.45, 7) is 0. The third-order valence-electron chi connectivity index (χ3n) is 4.18. The van der Waals surface area contributed by atoms with Crippen LogP contribution in [0.3, 0.4) is 0 Å². The highest BCUT2D eigenvalue weighted by atomic mass is 35.5. The van der Waals surface area contributed by atoms with E-state index in [-0.39, 0.29) is 0 Å². The summed E-state index contributed by atoms with van der Waals surface area (Å²) in [5, 5.41) is 1.88. The van der Waals surface area contributed by atoms with Gasteiger partial charge in [0, 0.05) is 23.6 Å². The number of nitrogens with zero attached hydrogens (tertiary/aromatic N) is 2. The molecule has 0 N–H and O–H groups in total. The smallest absolute Gasteiger partial charge is 0.111 e. The lowest BCUT2D eigenvalue weighted by atomic mass is 10.2. The number of aromatic nitrogens is 2. The number of halogens is 3. The van der Waals surface area contributed by atoms with Crippen molar-refractivity contribution in [2.45, 2.75) is 37.0 Å². The highest BCUT2D eigenvalue weighted by Gasteiger charge is 2.28. The van der Waals surface area contributed by atoms with Crippen LogP contribution in [-0.4, -0.2) is 26.9 Å². The predicted molar refractivity (Wildman–Crippen MR) is 94.4 cm³/mol. The SMILES string of the molecule is CSC1CCC(n2c(CCCl)nc3cc(Cl)c(Cl)cc32)C1. The lowest BCUT2D eigenvalue weighted by Gasteiger charge is -2.17. The maximum Gasteiger partial charge on any atom is 0.111 e. The molecule has 0 aliphatic heterocycles. The van der Waals surface area contributed by atoms with Crippen LogP contribution in [0.1, 0.15) is 31.1 Å². The van der Waals surface area contributed by atoms with Crippen LogP contribution >= 0.6 is 46.6 Å². The number of imidazole rings is 1. The molecule has 0 radical (unpaired) electrons. The van der Waals surface area contributed by atoms with Gasteiger partial charge in [-0.1, -0.05) is 23.2 Å². The molecule has 0 spiro atoms. The average Bonchev–Trinajstić information content (AvgIpc) is 3.04. The third kappa shape index (κ3) is 3.03. The predicted octanol–water partition coefficient (Wildman–Crippen LogP) is 5.58. The van der Waals surface area contributed by atoms with Gasteiger partial charge in [0.1, 0.15) is 5.82 Å². The summed E-state index contributed by atoms with van der Waals surface area (Å²) in [6.07, 6.45) is 6.59. The summed E-state index contributed by atoms with van der Waals surface area (Å²) in [5.41, 5.74) is 1.99. The fourth-order valence-corrected chi connectivity index (χ4v) is 4.45. The van der Waals surface area contributed by atoms with Gasteiger partial charge in [0.05, 0.1) is 21.1 Å². The number of thioether (sulfide) groups is 1. The minimum atomic E-state index is 0.489. The van der Waals surface area contributed by atoms with Gasteiger partial charge >= 0.3 is 0 Å². The van der Waals surface area contributed by atoms with Crippen LogP contribution < -0.4 is 0 Å². The molecule has 1 aromatic carbocycles. The number of fused-ring (bicyclic) bond motifs is 1. The van der Waals surface area contributed by atoms with Crippen LogP contribution in [0.4, 0.5) is 0 Å². The molecule has 2 unspecified atom stereocenters. The molecule has 1 saturated carbocycles. The molecule has 6 heteroatoms. The Morgan fingerprint density at radius 3 is 2.71 bits per heavy atom. The maximum absolute atomic E-state index is 6.21. The molecule has 1 aromatic heterocycles. The molecule has 1 heterocycles. The van der Waals surface area contributed by atoms with E-state index in [2.05, 4.69) is 10.8 Å². The van der Waals surface area contributed by atoms with Gasteiger partial charge in [-0.3, -0.25) is 0 Å². The highest BCUT2D eigenvalue weighted by Crippen LogP contribution is 2.39. The molecule has 0 amide bonds. The number of hydrogen-bond acceptors (Lipinski definition) is 2. The zero-order valence-electron chi connectivity index (χ0n) is 11.8. The molecule has 3 rings (SSSR count). The van der Waals surface area contributed by atoms with E-state index >= 15 is 0 Å². The minimum absolute atomic E-state index is 0.489. The Balaban J connectivity index is 2.09. The third-order valence-corrected chi connectivity index (χ3v) is 6.18. The molecule has 2 aromatic rings. The van der Waals surface area contributed by atoms with Crippen molar-refractivity contribution in [3.63, 3.8) is 0 Å². The Labute approximate surface area is 144 Å². The minimum Gasteiger partial charge on any atom is -0.325 e. The number of rotatable bonds is 4. The van der Waals surface area contributed by atoms with Crippen molar-refractivity contribution in [1.82, 2.24) is 9.55 Å². The van der Waals surface area contributed by atoms with E-state index in [1.807, 2.05) is 23.9 Å². The lowest BCUT2D eigenvalue weighted by molar-refractivity contribution is 0.514. The summed E-state index contributed by atoms with van der Waals surface area (Å²) in [5.74, 6) is 1.62. The quantitative estimate of drug-likeness (QED) is 0.660. The number of aryl methyl sites for hydroxylation is 1. The first-order valence-corrected chi connectivity index (χ1v) is 9.66. The molecule has 2 nitrogen and oxygen atoms in total. The number of alkyl halides is 1. The van der Waals surface area contributed by atoms with Gasteiger partial charge < -0.3 is 4.57 Å². The Hall–Kier alpha value is -0.0900. The van der Waals surface area contributed by atoms with E-state index in [0.29, 0.717) is 22.0 Å². The van der Waals surface area contributed by atoms with E-state index in [1.54, 1.807) is 0 Å². The first-order valence-electron chi connectivity index (χ1n) is 7.08. The van der Waals surface area contributed by atoms with Gasteiger partial charge in [0.2, 0.25) is 0 Å². The monoisotopic (exact) mass is 362 g/mol. The zero-order valence-corrected chi connectivity index (χ0v) is 14.9. The van der Waals surface area contributed by atoms with E-state index in [9.17, 15) is 0 Å². The topological polar surface area (TPSA) is 17.8 Å². The molecule has 0 saturated heterocycles. The summed E-state index contributed by atoms with van der Waals surface area (Å²) in [7, 11) is 0. The van der Waals surface area contributed by atoms with Crippen LogP contribution in [0.15, 0.2) is 12.1 Å². The Morgan fingerprint density at radius 2 is 2.05 bits per heavy atom. The van der Waals surface area contributed by atoms with Crippen molar-refractivity contribution in [3.05, 3.63) is 28.0 Å². The Kier molecular flexibility index (Phi) is 4.94. The van der Waals surface area contributed by atoms with Gasteiger partial charge in [-0.25, -0.2) is 4.98 Å². The van der Waals surface area contributed by atoms with Gasteiger partial charge in [-0.2, -0.15) is 11.8 Å². The second-order valence-electron chi connectivity index (χ2n) is 5.42. The largest absolute Gasteiger partial charge is 0.325 e. The summed E-state index contributed by atoms with van der Waals surface area (Å²) >= 11 is 20.2. The van der Waals surface area contributed by atoms with Crippen LogP contribution in [-0.2, 0) is 6.42 Å².